The molecule has 2 aromatic heterocycles. The number of halogens is 2. The van der Waals surface area contributed by atoms with Crippen LogP contribution in [0.3, 0.4) is 0 Å². The summed E-state index contributed by atoms with van der Waals surface area (Å²) in [4.78, 5) is 21.4. The summed E-state index contributed by atoms with van der Waals surface area (Å²) < 4.78 is 34.1. The maximum absolute atomic E-state index is 13.7. The van der Waals surface area contributed by atoms with Gasteiger partial charge in [0.1, 0.15) is 11.6 Å². The van der Waals surface area contributed by atoms with Crippen molar-refractivity contribution in [1.29, 1.82) is 0 Å². The molecule has 5 rings (SSSR count). The Morgan fingerprint density at radius 1 is 1.03 bits per heavy atom. The quantitative estimate of drug-likeness (QED) is 0.374. The Hall–Kier alpha value is -3.92. The van der Waals surface area contributed by atoms with Gasteiger partial charge >= 0.3 is 6.01 Å². The number of rotatable bonds is 7. The first kappa shape index (κ1) is 24.8. The summed E-state index contributed by atoms with van der Waals surface area (Å²) in [5.41, 5.74) is 1.76. The van der Waals surface area contributed by atoms with Gasteiger partial charge in [-0.15, -0.1) is 0 Å². The number of piperidine rings is 1. The van der Waals surface area contributed by atoms with Gasteiger partial charge in [-0.05, 0) is 68.7 Å². The van der Waals surface area contributed by atoms with Crippen molar-refractivity contribution >= 4 is 6.01 Å². The van der Waals surface area contributed by atoms with Crippen LogP contribution in [0.1, 0.15) is 18.4 Å². The molecule has 8 nitrogen and oxygen atoms in total. The Bertz CT molecular complexity index is 1420. The number of nitrogens with zero attached hydrogens (tertiary/aromatic N) is 6. The monoisotopic (exact) mass is 506 g/mol. The summed E-state index contributed by atoms with van der Waals surface area (Å²) in [5, 5.41) is 8.48. The van der Waals surface area contributed by atoms with Gasteiger partial charge in [-0.3, -0.25) is 4.79 Å². The molecule has 0 bridgehead atoms. The van der Waals surface area contributed by atoms with Gasteiger partial charge in [-0.25, -0.2) is 13.5 Å². The lowest BCUT2D eigenvalue weighted by Gasteiger charge is -2.30. The number of aromatic nitrogens is 4. The number of hydrogen-bond donors (Lipinski definition) is 0. The van der Waals surface area contributed by atoms with E-state index in [1.54, 1.807) is 0 Å². The zero-order valence-electron chi connectivity index (χ0n) is 20.8. The average molecular weight is 507 g/mol. The molecule has 1 aliphatic rings. The Kier molecular flexibility index (Phi) is 7.09. The van der Waals surface area contributed by atoms with Crippen LogP contribution in [0.25, 0.3) is 22.6 Å². The fraction of sp³-hybridized carbons (Fsp3) is 0.333. The van der Waals surface area contributed by atoms with Crippen molar-refractivity contribution in [2.24, 2.45) is 5.92 Å². The highest BCUT2D eigenvalue weighted by Crippen LogP contribution is 2.24. The van der Waals surface area contributed by atoms with E-state index in [2.05, 4.69) is 27.2 Å². The topological polar surface area (TPSA) is 80.3 Å². The summed E-state index contributed by atoms with van der Waals surface area (Å²) in [6.45, 7) is 3.22. The molecule has 0 amide bonds. The van der Waals surface area contributed by atoms with E-state index in [1.165, 1.54) is 28.9 Å². The lowest BCUT2D eigenvalue weighted by Crippen LogP contribution is -2.35. The summed E-state index contributed by atoms with van der Waals surface area (Å²) in [5.74, 6) is -0.376. The van der Waals surface area contributed by atoms with Crippen LogP contribution in [0.5, 0.6) is 0 Å². The van der Waals surface area contributed by atoms with Gasteiger partial charge in [0, 0.05) is 36.9 Å². The first-order chi connectivity index (χ1) is 17.8. The molecule has 192 valence electrons. The molecular weight excluding hydrogens is 478 g/mol. The highest BCUT2D eigenvalue weighted by atomic mass is 19.1. The minimum Gasteiger partial charge on any atom is -0.327 e. The molecule has 0 aliphatic carbocycles. The first-order valence-electron chi connectivity index (χ1n) is 12.2. The molecule has 0 unspecified atom stereocenters. The van der Waals surface area contributed by atoms with Gasteiger partial charge in [0.25, 0.3) is 5.56 Å². The highest BCUT2D eigenvalue weighted by molar-refractivity contribution is 5.59. The largest absolute Gasteiger partial charge is 0.327 e. The Balaban J connectivity index is 1.32. The van der Waals surface area contributed by atoms with Gasteiger partial charge in [0.2, 0.25) is 5.82 Å². The molecule has 2 aromatic carbocycles. The maximum atomic E-state index is 13.7. The van der Waals surface area contributed by atoms with E-state index in [1.807, 2.05) is 36.2 Å². The van der Waals surface area contributed by atoms with Gasteiger partial charge in [-0.1, -0.05) is 23.4 Å². The molecular formula is C27H28F2N6O2. The van der Waals surface area contributed by atoms with Crippen molar-refractivity contribution in [3.63, 3.8) is 0 Å². The molecule has 0 N–H and O–H groups in total. The third kappa shape index (κ3) is 5.91. The minimum absolute atomic E-state index is 0.166. The van der Waals surface area contributed by atoms with E-state index < -0.39 is 11.6 Å². The normalized spacial score (nSPS) is 14.7. The van der Waals surface area contributed by atoms with Crippen LogP contribution in [0.4, 0.5) is 14.8 Å². The predicted octanol–water partition coefficient (Wildman–Crippen LogP) is 4.06. The second-order valence-electron chi connectivity index (χ2n) is 9.60. The fourth-order valence-electron chi connectivity index (χ4n) is 4.60. The molecule has 1 aliphatic heterocycles. The van der Waals surface area contributed by atoms with Gasteiger partial charge in [0.15, 0.2) is 0 Å². The van der Waals surface area contributed by atoms with Crippen molar-refractivity contribution in [2.75, 3.05) is 38.6 Å². The lowest BCUT2D eigenvalue weighted by molar-refractivity contribution is 0.221. The predicted molar refractivity (Wildman–Crippen MR) is 136 cm³/mol. The standard InChI is InChI=1S/C27H28F2N6O2/c1-33-10-8-18(9-11-33)16-34(2)27-30-26(32-37-27)20-5-3-4-19(12-20)17-35-25(36)7-6-24(31-35)21-13-22(28)15-23(29)14-21/h3-7,12-15,18H,8-11,16-17H2,1-2H3. The van der Waals surface area contributed by atoms with Crippen molar-refractivity contribution < 1.29 is 13.3 Å². The van der Waals surface area contributed by atoms with E-state index in [9.17, 15) is 13.6 Å². The maximum Gasteiger partial charge on any atom is 0.324 e. The third-order valence-corrected chi connectivity index (χ3v) is 6.65. The molecule has 1 saturated heterocycles. The average Bonchev–Trinajstić information content (AvgIpc) is 3.37. The number of likely N-dealkylation sites (tertiary alicyclic amines) is 1. The van der Waals surface area contributed by atoms with Crippen molar-refractivity contribution in [2.45, 2.75) is 19.4 Å². The first-order valence-corrected chi connectivity index (χ1v) is 12.2. The van der Waals surface area contributed by atoms with E-state index in [-0.39, 0.29) is 17.7 Å². The van der Waals surface area contributed by atoms with E-state index in [0.717, 1.165) is 49.7 Å². The van der Waals surface area contributed by atoms with E-state index >= 15 is 0 Å². The molecule has 10 heteroatoms. The zero-order valence-corrected chi connectivity index (χ0v) is 20.8. The molecule has 4 aromatic rings. The molecule has 0 saturated carbocycles. The lowest BCUT2D eigenvalue weighted by atomic mass is 9.97. The molecule has 3 heterocycles. The van der Waals surface area contributed by atoms with Crippen LogP contribution in [-0.4, -0.2) is 58.6 Å². The Labute approximate surface area is 213 Å². The van der Waals surface area contributed by atoms with Crippen LogP contribution >= 0.6 is 0 Å². The van der Waals surface area contributed by atoms with Crippen molar-refractivity contribution in [1.82, 2.24) is 24.8 Å². The van der Waals surface area contributed by atoms with E-state index in [4.69, 9.17) is 4.52 Å². The Morgan fingerprint density at radius 2 is 1.78 bits per heavy atom. The molecule has 0 radical (unpaired) electrons. The van der Waals surface area contributed by atoms with Crippen LogP contribution in [0.2, 0.25) is 0 Å². The van der Waals surface area contributed by atoms with Crippen LogP contribution in [0.15, 0.2) is 63.9 Å². The number of hydrogen-bond acceptors (Lipinski definition) is 7. The fourth-order valence-corrected chi connectivity index (χ4v) is 4.60. The van der Waals surface area contributed by atoms with E-state index in [0.29, 0.717) is 23.5 Å². The SMILES string of the molecule is CN1CCC(CN(C)c2nc(-c3cccc(Cn4nc(-c5cc(F)cc(F)c5)ccc4=O)c3)no2)CC1. The number of benzene rings is 2. The van der Waals surface area contributed by atoms with Gasteiger partial charge in [0.05, 0.1) is 12.2 Å². The second kappa shape index (κ2) is 10.6. The summed E-state index contributed by atoms with van der Waals surface area (Å²) in [7, 11) is 4.11. The summed E-state index contributed by atoms with van der Waals surface area (Å²) >= 11 is 0. The van der Waals surface area contributed by atoms with Gasteiger partial charge in [-0.2, -0.15) is 10.1 Å². The van der Waals surface area contributed by atoms with Crippen LogP contribution in [0, 0.1) is 17.6 Å². The zero-order chi connectivity index (χ0) is 25.9. The number of anilines is 1. The molecule has 1 fully saturated rings. The van der Waals surface area contributed by atoms with Gasteiger partial charge < -0.3 is 14.3 Å². The van der Waals surface area contributed by atoms with Crippen molar-refractivity contribution in [3.8, 4) is 22.6 Å². The van der Waals surface area contributed by atoms with Crippen LogP contribution in [-0.2, 0) is 6.54 Å². The Morgan fingerprint density at radius 3 is 2.54 bits per heavy atom. The highest BCUT2D eigenvalue weighted by Gasteiger charge is 2.21. The minimum atomic E-state index is -0.710. The van der Waals surface area contributed by atoms with Crippen molar-refractivity contribution in [3.05, 3.63) is 82.1 Å². The molecule has 0 spiro atoms. The second-order valence-corrected chi connectivity index (χ2v) is 9.60. The molecule has 37 heavy (non-hydrogen) atoms. The third-order valence-electron chi connectivity index (χ3n) is 6.65. The summed E-state index contributed by atoms with van der Waals surface area (Å²) in [6, 6.07) is 13.8. The smallest absolute Gasteiger partial charge is 0.324 e. The van der Waals surface area contributed by atoms with Crippen LogP contribution < -0.4 is 10.5 Å². The summed E-state index contributed by atoms with van der Waals surface area (Å²) in [6.07, 6.45) is 2.29. The molecule has 0 atom stereocenters.